The predicted molar refractivity (Wildman–Crippen MR) is 81.7 cm³/mol. The molecular formula is C17H21FN2. The SMILES string of the molecule is CCCN(Cc1ccccc1)Cc1cc(N)cc(F)c1. The molecule has 0 saturated heterocycles. The number of nitrogens with two attached hydrogens (primary N) is 1. The fraction of sp³-hybridized carbons (Fsp3) is 0.294. The smallest absolute Gasteiger partial charge is 0.125 e. The lowest BCUT2D eigenvalue weighted by Gasteiger charge is -2.22. The number of anilines is 1. The Balaban J connectivity index is 2.08. The minimum Gasteiger partial charge on any atom is -0.399 e. The first-order chi connectivity index (χ1) is 9.67. The first-order valence-electron chi connectivity index (χ1n) is 6.98. The number of rotatable bonds is 6. The standard InChI is InChI=1S/C17H21FN2/c1-2-8-20(12-14-6-4-3-5-7-14)13-15-9-16(18)11-17(19)10-15/h3-7,9-11H,2,8,12-13,19H2,1H3. The topological polar surface area (TPSA) is 29.3 Å². The van der Waals surface area contributed by atoms with E-state index >= 15 is 0 Å². The van der Waals surface area contributed by atoms with E-state index < -0.39 is 0 Å². The lowest BCUT2D eigenvalue weighted by atomic mass is 10.1. The molecule has 0 aliphatic rings. The van der Waals surface area contributed by atoms with Crippen molar-refractivity contribution in [3.8, 4) is 0 Å². The zero-order valence-electron chi connectivity index (χ0n) is 11.8. The molecule has 106 valence electrons. The lowest BCUT2D eigenvalue weighted by Crippen LogP contribution is -2.23. The van der Waals surface area contributed by atoms with Crippen molar-refractivity contribution in [2.75, 3.05) is 12.3 Å². The van der Waals surface area contributed by atoms with Crippen LogP contribution in [-0.2, 0) is 13.1 Å². The fourth-order valence-corrected chi connectivity index (χ4v) is 2.40. The van der Waals surface area contributed by atoms with Gasteiger partial charge in [-0.15, -0.1) is 0 Å². The molecule has 0 fully saturated rings. The van der Waals surface area contributed by atoms with Crippen LogP contribution in [0.25, 0.3) is 0 Å². The van der Waals surface area contributed by atoms with Gasteiger partial charge in [-0.1, -0.05) is 37.3 Å². The maximum atomic E-state index is 13.4. The van der Waals surface area contributed by atoms with Crippen LogP contribution >= 0.6 is 0 Å². The van der Waals surface area contributed by atoms with Crippen molar-refractivity contribution in [1.82, 2.24) is 4.90 Å². The van der Waals surface area contributed by atoms with E-state index in [1.807, 2.05) is 24.3 Å². The summed E-state index contributed by atoms with van der Waals surface area (Å²) in [6, 6.07) is 15.1. The minimum atomic E-state index is -0.267. The summed E-state index contributed by atoms with van der Waals surface area (Å²) in [7, 11) is 0. The van der Waals surface area contributed by atoms with Gasteiger partial charge in [-0.3, -0.25) is 4.90 Å². The van der Waals surface area contributed by atoms with E-state index in [2.05, 4.69) is 24.0 Å². The zero-order chi connectivity index (χ0) is 14.4. The number of benzene rings is 2. The third-order valence-electron chi connectivity index (χ3n) is 3.17. The van der Waals surface area contributed by atoms with E-state index in [0.717, 1.165) is 25.1 Å². The van der Waals surface area contributed by atoms with Crippen LogP contribution in [0.1, 0.15) is 24.5 Å². The molecule has 2 N–H and O–H groups in total. The van der Waals surface area contributed by atoms with Crippen LogP contribution in [0.5, 0.6) is 0 Å². The zero-order valence-corrected chi connectivity index (χ0v) is 11.8. The van der Waals surface area contributed by atoms with Crippen LogP contribution in [0.15, 0.2) is 48.5 Å². The quantitative estimate of drug-likeness (QED) is 0.810. The van der Waals surface area contributed by atoms with Crippen molar-refractivity contribution >= 4 is 5.69 Å². The summed E-state index contributed by atoms with van der Waals surface area (Å²) in [6.45, 7) is 4.71. The Morgan fingerprint density at radius 2 is 1.70 bits per heavy atom. The van der Waals surface area contributed by atoms with Crippen LogP contribution in [0.3, 0.4) is 0 Å². The molecule has 0 unspecified atom stereocenters. The van der Waals surface area contributed by atoms with E-state index in [4.69, 9.17) is 5.73 Å². The van der Waals surface area contributed by atoms with E-state index in [-0.39, 0.29) is 5.82 Å². The maximum absolute atomic E-state index is 13.4. The van der Waals surface area contributed by atoms with Gasteiger partial charge in [0.25, 0.3) is 0 Å². The highest BCUT2D eigenvalue weighted by molar-refractivity contribution is 5.41. The molecule has 0 bridgehead atoms. The van der Waals surface area contributed by atoms with E-state index in [1.165, 1.54) is 11.6 Å². The molecular weight excluding hydrogens is 251 g/mol. The molecule has 20 heavy (non-hydrogen) atoms. The van der Waals surface area contributed by atoms with Gasteiger partial charge < -0.3 is 5.73 Å². The monoisotopic (exact) mass is 272 g/mol. The molecule has 0 saturated carbocycles. The molecule has 0 aromatic heterocycles. The van der Waals surface area contributed by atoms with Gasteiger partial charge in [-0.2, -0.15) is 0 Å². The van der Waals surface area contributed by atoms with Crippen LogP contribution in [-0.4, -0.2) is 11.4 Å². The van der Waals surface area contributed by atoms with Gasteiger partial charge in [0.1, 0.15) is 5.82 Å². The van der Waals surface area contributed by atoms with Gasteiger partial charge in [0.2, 0.25) is 0 Å². The molecule has 2 nitrogen and oxygen atoms in total. The normalized spacial score (nSPS) is 10.9. The second kappa shape index (κ2) is 7.06. The Bertz CT molecular complexity index is 520. The Labute approximate surface area is 120 Å². The first kappa shape index (κ1) is 14.5. The van der Waals surface area contributed by atoms with Crippen molar-refractivity contribution in [3.63, 3.8) is 0 Å². The average Bonchev–Trinajstić information content (AvgIpc) is 2.39. The van der Waals surface area contributed by atoms with Crippen LogP contribution < -0.4 is 5.73 Å². The molecule has 0 radical (unpaired) electrons. The van der Waals surface area contributed by atoms with Crippen molar-refractivity contribution < 1.29 is 4.39 Å². The summed E-state index contributed by atoms with van der Waals surface area (Å²) in [4.78, 5) is 2.31. The first-order valence-corrected chi connectivity index (χ1v) is 6.98. The van der Waals surface area contributed by atoms with E-state index in [0.29, 0.717) is 12.2 Å². The van der Waals surface area contributed by atoms with Gasteiger partial charge in [-0.05, 0) is 42.3 Å². The maximum Gasteiger partial charge on any atom is 0.125 e. The third kappa shape index (κ3) is 4.35. The molecule has 3 heteroatoms. The highest BCUT2D eigenvalue weighted by Gasteiger charge is 2.07. The molecule has 0 spiro atoms. The average molecular weight is 272 g/mol. The predicted octanol–water partition coefficient (Wildman–Crippen LogP) is 3.82. The Kier molecular flexibility index (Phi) is 5.13. The molecule has 0 heterocycles. The molecule has 0 amide bonds. The summed E-state index contributed by atoms with van der Waals surface area (Å²) in [6.07, 6.45) is 1.07. The van der Waals surface area contributed by atoms with Crippen LogP contribution in [0.2, 0.25) is 0 Å². The largest absolute Gasteiger partial charge is 0.399 e. The summed E-state index contributed by atoms with van der Waals surface area (Å²) < 4.78 is 13.4. The van der Waals surface area contributed by atoms with Crippen molar-refractivity contribution in [2.45, 2.75) is 26.4 Å². The van der Waals surface area contributed by atoms with Crippen LogP contribution in [0.4, 0.5) is 10.1 Å². The van der Waals surface area contributed by atoms with Gasteiger partial charge in [0.05, 0.1) is 0 Å². The number of hydrogen-bond donors (Lipinski definition) is 1. The van der Waals surface area contributed by atoms with Crippen LogP contribution in [0, 0.1) is 5.82 Å². The Hall–Kier alpha value is -1.87. The lowest BCUT2D eigenvalue weighted by molar-refractivity contribution is 0.257. The molecule has 2 aromatic rings. The van der Waals surface area contributed by atoms with Gasteiger partial charge >= 0.3 is 0 Å². The number of hydrogen-bond acceptors (Lipinski definition) is 2. The van der Waals surface area contributed by atoms with Gasteiger partial charge in [0.15, 0.2) is 0 Å². The summed E-state index contributed by atoms with van der Waals surface area (Å²) >= 11 is 0. The summed E-state index contributed by atoms with van der Waals surface area (Å²) in [5.41, 5.74) is 8.38. The third-order valence-corrected chi connectivity index (χ3v) is 3.17. The van der Waals surface area contributed by atoms with E-state index in [1.54, 1.807) is 6.07 Å². The number of halogens is 1. The van der Waals surface area contributed by atoms with Crippen molar-refractivity contribution in [2.24, 2.45) is 0 Å². The number of nitrogens with zero attached hydrogens (tertiary/aromatic N) is 1. The second-order valence-corrected chi connectivity index (χ2v) is 5.09. The number of nitrogen functional groups attached to an aromatic ring is 1. The molecule has 0 aliphatic heterocycles. The molecule has 0 atom stereocenters. The highest BCUT2D eigenvalue weighted by atomic mass is 19.1. The van der Waals surface area contributed by atoms with Crippen molar-refractivity contribution in [1.29, 1.82) is 0 Å². The Morgan fingerprint density at radius 3 is 2.35 bits per heavy atom. The van der Waals surface area contributed by atoms with Gasteiger partial charge in [-0.25, -0.2) is 4.39 Å². The molecule has 2 aromatic carbocycles. The van der Waals surface area contributed by atoms with Gasteiger partial charge in [0, 0.05) is 18.8 Å². The minimum absolute atomic E-state index is 0.267. The second-order valence-electron chi connectivity index (χ2n) is 5.09. The molecule has 2 rings (SSSR count). The fourth-order valence-electron chi connectivity index (χ4n) is 2.40. The van der Waals surface area contributed by atoms with Crippen molar-refractivity contribution in [3.05, 3.63) is 65.5 Å². The van der Waals surface area contributed by atoms with E-state index in [9.17, 15) is 4.39 Å². The molecule has 0 aliphatic carbocycles. The Morgan fingerprint density at radius 1 is 1.00 bits per heavy atom. The summed E-state index contributed by atoms with van der Waals surface area (Å²) in [5, 5.41) is 0. The highest BCUT2D eigenvalue weighted by Crippen LogP contribution is 2.15. The summed E-state index contributed by atoms with van der Waals surface area (Å²) in [5.74, 6) is -0.267.